The molecule has 2 saturated heterocycles. The molecule has 2 aliphatic rings. The quantitative estimate of drug-likeness (QED) is 0.135. The topological polar surface area (TPSA) is 309 Å². The van der Waals surface area contributed by atoms with Gasteiger partial charge in [0.2, 0.25) is 70.9 Å². The number of ether oxygens (including phenoxy) is 2. The monoisotopic (exact) mass is 1450 g/mol. The van der Waals surface area contributed by atoms with Gasteiger partial charge in [0.1, 0.15) is 47.8 Å². The number of aliphatic hydroxyl groups is 1. The van der Waals surface area contributed by atoms with E-state index in [0.717, 1.165) is 48.0 Å². The lowest BCUT2D eigenvalue weighted by atomic mass is 9.95. The van der Waals surface area contributed by atoms with Gasteiger partial charge in [0.25, 0.3) is 0 Å². The molecule has 102 heavy (non-hydrogen) atoms. The molecule has 0 radical (unpaired) electrons. The van der Waals surface area contributed by atoms with Gasteiger partial charge in [0, 0.05) is 75.6 Å². The molecule has 0 bridgehead atoms. The number of piperidine rings is 1. The predicted octanol–water partition coefficient (Wildman–Crippen LogP) is 3.81. The van der Waals surface area contributed by atoms with Crippen LogP contribution in [-0.4, -0.2) is 289 Å². The number of rotatable bonds is 20. The number of likely N-dealkylation sites (tertiary alicyclic amines) is 1. The largest absolute Gasteiger partial charge is 0.416 e. The van der Waals surface area contributed by atoms with Gasteiger partial charge >= 0.3 is 6.18 Å². The minimum Gasteiger partial charge on any atom is -0.388 e. The van der Waals surface area contributed by atoms with E-state index in [-0.39, 0.29) is 69.8 Å². The van der Waals surface area contributed by atoms with Crippen LogP contribution >= 0.6 is 0 Å². The third-order valence-electron chi connectivity index (χ3n) is 18.8. The minimum atomic E-state index is -4.67. The highest BCUT2D eigenvalue weighted by Crippen LogP contribution is 2.30. The number of carbonyl (C=O) groups is 12. The van der Waals surface area contributed by atoms with Gasteiger partial charge in [-0.05, 0) is 127 Å². The first-order valence-electron chi connectivity index (χ1n) is 35.6. The van der Waals surface area contributed by atoms with Crippen LogP contribution in [0.5, 0.6) is 0 Å². The summed E-state index contributed by atoms with van der Waals surface area (Å²) in [6.07, 6.45) is -2.52. The van der Waals surface area contributed by atoms with Crippen molar-refractivity contribution in [2.75, 3.05) is 115 Å². The molecule has 0 spiro atoms. The number of hydrogen-bond donors (Lipinski definition) is 4. The van der Waals surface area contributed by atoms with Crippen molar-refractivity contribution in [3.05, 3.63) is 35.4 Å². The number of halogens is 3. The van der Waals surface area contributed by atoms with Gasteiger partial charge in [-0.15, -0.1) is 0 Å². The van der Waals surface area contributed by atoms with Gasteiger partial charge in [0.15, 0.2) is 0 Å². The van der Waals surface area contributed by atoms with E-state index in [1.165, 1.54) is 99.0 Å². The third kappa shape index (κ3) is 26.7. The number of nitrogens with one attached hydrogen (secondary N) is 3. The van der Waals surface area contributed by atoms with E-state index < -0.39 is 175 Å². The van der Waals surface area contributed by atoms with Crippen molar-refractivity contribution in [3.8, 4) is 0 Å². The minimum absolute atomic E-state index is 0.0132. The van der Waals surface area contributed by atoms with Gasteiger partial charge in [0.05, 0.1) is 57.0 Å². The Kier molecular flexibility index (Phi) is 34.8. The van der Waals surface area contributed by atoms with Crippen molar-refractivity contribution in [1.82, 2.24) is 60.0 Å². The smallest absolute Gasteiger partial charge is 0.388 e. The molecule has 1 aromatic carbocycles. The molecule has 0 aliphatic carbocycles. The van der Waals surface area contributed by atoms with Gasteiger partial charge in [-0.25, -0.2) is 0 Å². The van der Waals surface area contributed by atoms with Crippen molar-refractivity contribution in [2.24, 2.45) is 23.7 Å². The average Bonchev–Trinajstić information content (AvgIpc) is 0.807. The van der Waals surface area contributed by atoms with Gasteiger partial charge in [-0.3, -0.25) is 57.5 Å². The average molecular weight is 1450 g/mol. The van der Waals surface area contributed by atoms with Gasteiger partial charge in [-0.2, -0.15) is 13.2 Å². The predicted molar refractivity (Wildman–Crippen MR) is 377 cm³/mol. The summed E-state index contributed by atoms with van der Waals surface area (Å²) in [5, 5.41) is 19.0. The summed E-state index contributed by atoms with van der Waals surface area (Å²) in [6, 6.07) is -5.82. The first-order chi connectivity index (χ1) is 47.3. The van der Waals surface area contributed by atoms with Crippen LogP contribution in [0.3, 0.4) is 0 Å². The van der Waals surface area contributed by atoms with E-state index in [1.807, 2.05) is 48.5 Å². The molecule has 0 aromatic heterocycles. The Balaban J connectivity index is 2.37. The van der Waals surface area contributed by atoms with E-state index in [0.29, 0.717) is 44.3 Å². The summed E-state index contributed by atoms with van der Waals surface area (Å²) < 4.78 is 52.9. The highest BCUT2D eigenvalue weighted by molar-refractivity contribution is 6.00. The Hall–Kier alpha value is -7.47. The molecule has 578 valence electrons. The van der Waals surface area contributed by atoms with Crippen molar-refractivity contribution in [2.45, 2.75) is 214 Å². The van der Waals surface area contributed by atoms with Crippen LogP contribution in [0.1, 0.15) is 159 Å². The highest BCUT2D eigenvalue weighted by Gasteiger charge is 2.45. The second-order valence-corrected chi connectivity index (χ2v) is 30.0. The van der Waals surface area contributed by atoms with E-state index in [9.17, 15) is 56.6 Å². The van der Waals surface area contributed by atoms with Crippen molar-refractivity contribution >= 4 is 70.9 Å². The maximum atomic E-state index is 15.4. The van der Waals surface area contributed by atoms with Crippen molar-refractivity contribution in [1.29, 1.82) is 0 Å². The van der Waals surface area contributed by atoms with Crippen LogP contribution in [0.15, 0.2) is 24.3 Å². The number of benzene rings is 1. The SMILES string of the molecule is CC[C@H](C)[C@@H]1NC(=O)[C@H](CC(C)C)N(C)C(=O)C[C@@H](C(=O)N2CCCCC2)N(C)C(=O)[C@H](CC(C)C)N(C)C(=O)C(C)(C)NC(=O)[C@H](COCC(C)(C)O)N(C)C(=O)[C@H](CCc2ccc(C(F)(F)F)cc2)NC(=O)CN(C)C(=O)[C@H](COCCC(C)C)N(C)C(=O)CN(C)C(=O)CN(CC)C1=O. The Labute approximate surface area is 601 Å². The lowest BCUT2D eigenvalue weighted by Crippen LogP contribution is -2.64. The van der Waals surface area contributed by atoms with Crippen LogP contribution in [0.4, 0.5) is 13.2 Å². The first-order valence-corrected chi connectivity index (χ1v) is 35.6. The molecule has 3 rings (SSSR count). The first kappa shape index (κ1) is 88.7. The molecule has 0 unspecified atom stereocenters. The summed E-state index contributed by atoms with van der Waals surface area (Å²) in [7, 11) is 9.23. The molecule has 2 heterocycles. The maximum Gasteiger partial charge on any atom is 0.416 e. The van der Waals surface area contributed by atoms with E-state index in [1.54, 1.807) is 18.7 Å². The summed E-state index contributed by atoms with van der Waals surface area (Å²) in [6.45, 7) is 19.5. The van der Waals surface area contributed by atoms with Crippen LogP contribution < -0.4 is 16.0 Å². The molecule has 0 saturated carbocycles. The fourth-order valence-electron chi connectivity index (χ4n) is 12.0. The fraction of sp³-hybridized carbons (Fsp3) is 0.750. The zero-order chi connectivity index (χ0) is 77.6. The molecule has 12 amide bonds. The lowest BCUT2D eigenvalue weighted by Gasteiger charge is -2.40. The number of aryl methyl sites for hydroxylation is 1. The Morgan fingerprint density at radius 1 is 0.618 bits per heavy atom. The van der Waals surface area contributed by atoms with Crippen molar-refractivity contribution < 1.29 is 85.3 Å². The maximum absolute atomic E-state index is 15.4. The van der Waals surface area contributed by atoms with E-state index >= 15 is 19.2 Å². The molecule has 1 aromatic rings. The zero-order valence-electron chi connectivity index (χ0n) is 64.1. The van der Waals surface area contributed by atoms with E-state index in [4.69, 9.17) is 9.47 Å². The molecular weight excluding hydrogens is 1330 g/mol. The molecule has 2 aliphatic heterocycles. The molecule has 27 nitrogen and oxygen atoms in total. The Morgan fingerprint density at radius 3 is 1.73 bits per heavy atom. The van der Waals surface area contributed by atoms with Crippen LogP contribution in [-0.2, 0) is 79.6 Å². The molecular formula is C72H119F3N12O15. The molecule has 2 fully saturated rings. The summed E-state index contributed by atoms with van der Waals surface area (Å²) in [5.41, 5.74) is -4.02. The van der Waals surface area contributed by atoms with Gasteiger partial charge in [-0.1, -0.05) is 73.9 Å². The number of alkyl halides is 3. The van der Waals surface area contributed by atoms with Crippen LogP contribution in [0, 0.1) is 23.7 Å². The second kappa shape index (κ2) is 40.0. The lowest BCUT2D eigenvalue weighted by molar-refractivity contribution is -0.155. The summed E-state index contributed by atoms with van der Waals surface area (Å²) in [5.74, 6) is -10.1. The number of carbonyl (C=O) groups excluding carboxylic acids is 12. The fourth-order valence-corrected chi connectivity index (χ4v) is 12.0. The Morgan fingerprint density at radius 2 is 1.19 bits per heavy atom. The number of amides is 12. The number of likely N-dealkylation sites (N-methyl/N-ethyl adjacent to an activating group) is 8. The summed E-state index contributed by atoms with van der Waals surface area (Å²) in [4.78, 5) is 188. The van der Waals surface area contributed by atoms with Crippen molar-refractivity contribution in [3.63, 3.8) is 0 Å². The van der Waals surface area contributed by atoms with Crippen LogP contribution in [0.25, 0.3) is 0 Å². The normalized spacial score (nSPS) is 23.6. The second-order valence-electron chi connectivity index (χ2n) is 30.0. The highest BCUT2D eigenvalue weighted by atomic mass is 19.4. The Bertz CT molecular complexity index is 3010. The third-order valence-corrected chi connectivity index (χ3v) is 18.8. The molecule has 4 N–H and O–H groups in total. The molecule has 8 atom stereocenters. The number of nitrogens with zero attached hydrogens (tertiary/aromatic N) is 9. The zero-order valence-corrected chi connectivity index (χ0v) is 64.1. The van der Waals surface area contributed by atoms with Crippen LogP contribution in [0.2, 0.25) is 0 Å². The number of hydrogen-bond acceptors (Lipinski definition) is 15. The molecule has 30 heteroatoms. The standard InChI is InChI=1S/C72H119F3N12O15/c1-21-48(9)61-68(98)86(22-2)41-59(90)79(14)40-60(91)82(17)56(43-101-35-32-45(3)4)65(95)80(15)39-57(88)76-51(31-28-49-26-29-50(30-27-49)72(73,74)75)64(94)84(19)55(42-102-44-70(10,11)100)63(93)78-71(12,13)69(99)85(20)53(37-47(7)8)66(96)83(18)54(67(97)87-33-24-23-25-34-87)38-58(89)81(16)52(36-46(5)6)62(92)77-61/h26-27,29-30,45-48,51-56,61,100H,21-25,28,31-44H2,1-20H3,(H,76,88)(H,77,92)(H,78,93)/t48-,51-,52-,53-,54-,55-,56-,61-/m0/s1. The van der Waals surface area contributed by atoms with E-state index in [2.05, 4.69) is 16.0 Å². The van der Waals surface area contributed by atoms with Gasteiger partial charge < -0.3 is 74.6 Å². The summed E-state index contributed by atoms with van der Waals surface area (Å²) >= 11 is 0.